The van der Waals surface area contributed by atoms with Gasteiger partial charge in [-0.3, -0.25) is 4.99 Å². The first-order valence-electron chi connectivity index (χ1n) is 6.33. The highest BCUT2D eigenvalue weighted by atomic mass is 14.7. The molecule has 0 heterocycles. The fraction of sp³-hybridized carbons (Fsp3) is 0.118. The van der Waals surface area contributed by atoms with Crippen LogP contribution in [-0.2, 0) is 6.54 Å². The minimum atomic E-state index is 0.671. The molecule has 0 aromatic heterocycles. The summed E-state index contributed by atoms with van der Waals surface area (Å²) < 4.78 is 0. The second kappa shape index (κ2) is 6.55. The molecule has 2 nitrogen and oxygen atoms in total. The van der Waals surface area contributed by atoms with Crippen LogP contribution in [0, 0.1) is 0 Å². The Balaban J connectivity index is 2.13. The van der Waals surface area contributed by atoms with Crippen LogP contribution in [0.1, 0.15) is 18.1 Å². The van der Waals surface area contributed by atoms with Gasteiger partial charge < -0.3 is 5.73 Å². The van der Waals surface area contributed by atoms with Gasteiger partial charge in [-0.25, -0.2) is 0 Å². The number of hydrogen-bond donors (Lipinski definition) is 1. The van der Waals surface area contributed by atoms with Gasteiger partial charge in [0.05, 0.1) is 6.54 Å². The SMILES string of the molecule is C/C(N)=C(/C=NCc1ccccc1)c1ccccc1. The van der Waals surface area contributed by atoms with E-state index in [1.54, 1.807) is 0 Å². The lowest BCUT2D eigenvalue weighted by atomic mass is 10.1. The van der Waals surface area contributed by atoms with Gasteiger partial charge in [0, 0.05) is 17.5 Å². The molecule has 0 aliphatic heterocycles. The molecule has 19 heavy (non-hydrogen) atoms. The van der Waals surface area contributed by atoms with Crippen LogP contribution in [0.5, 0.6) is 0 Å². The molecule has 2 heteroatoms. The summed E-state index contributed by atoms with van der Waals surface area (Å²) >= 11 is 0. The Morgan fingerprint density at radius 3 is 2.16 bits per heavy atom. The molecular weight excluding hydrogens is 232 g/mol. The first-order valence-corrected chi connectivity index (χ1v) is 6.33. The molecule has 2 aromatic carbocycles. The number of nitrogens with zero attached hydrogens (tertiary/aromatic N) is 1. The van der Waals surface area contributed by atoms with Crippen molar-refractivity contribution < 1.29 is 0 Å². The largest absolute Gasteiger partial charge is 0.402 e. The summed E-state index contributed by atoms with van der Waals surface area (Å²) in [4.78, 5) is 4.48. The molecule has 0 radical (unpaired) electrons. The van der Waals surface area contributed by atoms with E-state index in [2.05, 4.69) is 17.1 Å². The van der Waals surface area contributed by atoms with Crippen molar-refractivity contribution in [3.8, 4) is 0 Å². The van der Waals surface area contributed by atoms with Crippen molar-refractivity contribution in [1.29, 1.82) is 0 Å². The van der Waals surface area contributed by atoms with Gasteiger partial charge in [-0.05, 0) is 18.1 Å². The van der Waals surface area contributed by atoms with Crippen LogP contribution >= 0.6 is 0 Å². The Labute approximate surface area is 114 Å². The lowest BCUT2D eigenvalue weighted by molar-refractivity contribution is 1.08. The minimum absolute atomic E-state index is 0.671. The van der Waals surface area contributed by atoms with Gasteiger partial charge >= 0.3 is 0 Å². The summed E-state index contributed by atoms with van der Waals surface area (Å²) in [5.41, 5.74) is 9.99. The second-order valence-electron chi connectivity index (χ2n) is 4.42. The van der Waals surface area contributed by atoms with Crippen molar-refractivity contribution in [3.63, 3.8) is 0 Å². The number of rotatable bonds is 4. The Bertz CT molecular complexity index is 565. The van der Waals surface area contributed by atoms with E-state index in [4.69, 9.17) is 5.73 Å². The van der Waals surface area contributed by atoms with Gasteiger partial charge in [0.25, 0.3) is 0 Å². The van der Waals surface area contributed by atoms with Gasteiger partial charge in [-0.1, -0.05) is 60.7 Å². The van der Waals surface area contributed by atoms with Crippen molar-refractivity contribution >= 4 is 11.8 Å². The first kappa shape index (κ1) is 13.1. The maximum atomic E-state index is 5.94. The normalized spacial score (nSPS) is 12.5. The van der Waals surface area contributed by atoms with Crippen LogP contribution in [0.4, 0.5) is 0 Å². The summed E-state index contributed by atoms with van der Waals surface area (Å²) in [7, 11) is 0. The zero-order chi connectivity index (χ0) is 13.5. The summed E-state index contributed by atoms with van der Waals surface area (Å²) in [6.07, 6.45) is 1.86. The molecule has 0 atom stereocenters. The monoisotopic (exact) mass is 250 g/mol. The summed E-state index contributed by atoms with van der Waals surface area (Å²) in [6, 6.07) is 20.3. The van der Waals surface area contributed by atoms with E-state index in [-0.39, 0.29) is 0 Å². The number of hydrogen-bond acceptors (Lipinski definition) is 2. The molecule has 2 rings (SSSR count). The minimum Gasteiger partial charge on any atom is -0.402 e. The predicted octanol–water partition coefficient (Wildman–Crippen LogP) is 3.65. The van der Waals surface area contributed by atoms with Gasteiger partial charge in [0.1, 0.15) is 0 Å². The maximum Gasteiger partial charge on any atom is 0.0639 e. The third kappa shape index (κ3) is 3.81. The lowest BCUT2D eigenvalue weighted by Gasteiger charge is -2.04. The van der Waals surface area contributed by atoms with Crippen LogP contribution < -0.4 is 5.73 Å². The van der Waals surface area contributed by atoms with E-state index in [1.165, 1.54) is 5.56 Å². The molecule has 2 N–H and O–H groups in total. The zero-order valence-electron chi connectivity index (χ0n) is 11.1. The third-order valence-electron chi connectivity index (χ3n) is 2.85. The number of nitrogens with two attached hydrogens (primary N) is 1. The highest BCUT2D eigenvalue weighted by molar-refractivity contribution is 6.10. The quantitative estimate of drug-likeness (QED) is 0.826. The molecule has 0 aliphatic rings. The number of aliphatic imine (C=N–C) groups is 1. The highest BCUT2D eigenvalue weighted by Gasteiger charge is 2.00. The van der Waals surface area contributed by atoms with E-state index in [9.17, 15) is 0 Å². The molecule has 2 aromatic rings. The van der Waals surface area contributed by atoms with Crippen LogP contribution in [0.15, 0.2) is 71.4 Å². The van der Waals surface area contributed by atoms with Gasteiger partial charge in [0.15, 0.2) is 0 Å². The van der Waals surface area contributed by atoms with E-state index < -0.39 is 0 Å². The highest BCUT2D eigenvalue weighted by Crippen LogP contribution is 2.14. The zero-order valence-corrected chi connectivity index (χ0v) is 11.1. The summed E-state index contributed by atoms with van der Waals surface area (Å²) in [5.74, 6) is 0. The summed E-state index contributed by atoms with van der Waals surface area (Å²) in [6.45, 7) is 2.57. The van der Waals surface area contributed by atoms with Crippen LogP contribution in [0.25, 0.3) is 5.57 Å². The van der Waals surface area contributed by atoms with E-state index in [0.717, 1.165) is 16.8 Å². The van der Waals surface area contributed by atoms with Crippen LogP contribution in [-0.4, -0.2) is 6.21 Å². The topological polar surface area (TPSA) is 38.4 Å². The molecule has 0 fully saturated rings. The molecule has 0 saturated carbocycles. The first-order chi connectivity index (χ1) is 9.27. The second-order valence-corrected chi connectivity index (χ2v) is 4.42. The Hall–Kier alpha value is -2.35. The fourth-order valence-electron chi connectivity index (χ4n) is 1.85. The smallest absolute Gasteiger partial charge is 0.0639 e. The van der Waals surface area contributed by atoms with Crippen LogP contribution in [0.2, 0.25) is 0 Å². The Morgan fingerprint density at radius 2 is 1.58 bits per heavy atom. The van der Waals surface area contributed by atoms with Gasteiger partial charge in [0.2, 0.25) is 0 Å². The van der Waals surface area contributed by atoms with Crippen molar-refractivity contribution in [2.45, 2.75) is 13.5 Å². The van der Waals surface area contributed by atoms with Crippen molar-refractivity contribution in [3.05, 3.63) is 77.5 Å². The van der Waals surface area contributed by atoms with Crippen molar-refractivity contribution in [1.82, 2.24) is 0 Å². The fourth-order valence-corrected chi connectivity index (χ4v) is 1.85. The molecule has 96 valence electrons. The average Bonchev–Trinajstić information content (AvgIpc) is 2.45. The Morgan fingerprint density at radius 1 is 1.00 bits per heavy atom. The van der Waals surface area contributed by atoms with E-state index >= 15 is 0 Å². The molecule has 0 bridgehead atoms. The maximum absolute atomic E-state index is 5.94. The predicted molar refractivity (Wildman–Crippen MR) is 81.9 cm³/mol. The third-order valence-corrected chi connectivity index (χ3v) is 2.85. The lowest BCUT2D eigenvalue weighted by Crippen LogP contribution is -1.99. The number of benzene rings is 2. The Kier molecular flexibility index (Phi) is 4.51. The molecule has 0 aliphatic carbocycles. The number of allylic oxidation sites excluding steroid dienone is 2. The van der Waals surface area contributed by atoms with E-state index in [0.29, 0.717) is 6.54 Å². The van der Waals surface area contributed by atoms with Gasteiger partial charge in [-0.2, -0.15) is 0 Å². The molecule has 0 unspecified atom stereocenters. The molecular formula is C17H18N2. The van der Waals surface area contributed by atoms with Crippen molar-refractivity contribution in [2.75, 3.05) is 0 Å². The molecule has 0 spiro atoms. The van der Waals surface area contributed by atoms with Gasteiger partial charge in [-0.15, -0.1) is 0 Å². The summed E-state index contributed by atoms with van der Waals surface area (Å²) in [5, 5.41) is 0. The van der Waals surface area contributed by atoms with Crippen molar-refractivity contribution in [2.24, 2.45) is 10.7 Å². The van der Waals surface area contributed by atoms with Crippen LogP contribution in [0.3, 0.4) is 0 Å². The molecule has 0 saturated heterocycles. The molecule has 0 amide bonds. The standard InChI is InChI=1S/C17H18N2/c1-14(18)17(16-10-6-3-7-11-16)13-19-12-15-8-4-2-5-9-15/h2-11,13H,12,18H2,1H3/b17-14+,19-13?. The van der Waals surface area contributed by atoms with E-state index in [1.807, 2.05) is 61.7 Å². The average molecular weight is 250 g/mol.